The van der Waals surface area contributed by atoms with Crippen molar-refractivity contribution in [2.24, 2.45) is 0 Å². The summed E-state index contributed by atoms with van der Waals surface area (Å²) < 4.78 is 11.7. The Kier molecular flexibility index (Phi) is 10.7. The number of para-hydroxylation sites is 2. The second-order valence-corrected chi connectivity index (χ2v) is 10.7. The summed E-state index contributed by atoms with van der Waals surface area (Å²) in [6, 6.07) is 22.9. The van der Waals surface area contributed by atoms with Gasteiger partial charge in [-0.15, -0.1) is 0 Å². The van der Waals surface area contributed by atoms with E-state index in [0.29, 0.717) is 35.5 Å². The van der Waals surface area contributed by atoms with Crippen LogP contribution in [0.15, 0.2) is 72.8 Å². The van der Waals surface area contributed by atoms with Gasteiger partial charge in [0.2, 0.25) is 0 Å². The Morgan fingerprint density at radius 3 is 1.37 bits per heavy atom. The zero-order valence-corrected chi connectivity index (χ0v) is 25.5. The van der Waals surface area contributed by atoms with E-state index < -0.39 is 11.9 Å². The number of benzene rings is 4. The molecule has 0 atom stereocenters. The van der Waals surface area contributed by atoms with Crippen molar-refractivity contribution in [3.8, 4) is 23.0 Å². The Hall–Kier alpha value is -4.06. The van der Waals surface area contributed by atoms with Gasteiger partial charge in [0.05, 0.1) is 11.9 Å². The van der Waals surface area contributed by atoms with Gasteiger partial charge in [-0.2, -0.15) is 0 Å². The average molecular weight is 619 g/mol. The summed E-state index contributed by atoms with van der Waals surface area (Å²) in [6.45, 7) is 4.19. The molecule has 7 heteroatoms. The second kappa shape index (κ2) is 14.4. The van der Waals surface area contributed by atoms with Crippen LogP contribution in [0.5, 0.6) is 23.0 Å². The van der Waals surface area contributed by atoms with Gasteiger partial charge in [-0.05, 0) is 72.2 Å². The van der Waals surface area contributed by atoms with E-state index >= 15 is 0 Å². The SMILES string of the molecule is CCCCc1ccc2c(c1C(=O)[O-])Cc1ccccc1O2.CCCCc1ccc2c(c1C(=O)[O-])Cc1ccccc1O2.[Fe+2]. The molecule has 6 nitrogen and oxygen atoms in total. The molecule has 222 valence electrons. The first-order valence-corrected chi connectivity index (χ1v) is 14.6. The quantitative estimate of drug-likeness (QED) is 0.189. The van der Waals surface area contributed by atoms with Crippen LogP contribution in [0.2, 0.25) is 0 Å². The predicted molar refractivity (Wildman–Crippen MR) is 157 cm³/mol. The number of aromatic carboxylic acids is 2. The molecule has 0 unspecified atom stereocenters. The number of fused-ring (bicyclic) bond motifs is 4. The Bertz CT molecular complexity index is 1510. The molecule has 0 saturated heterocycles. The molecule has 0 amide bonds. The summed E-state index contributed by atoms with van der Waals surface area (Å²) in [5, 5.41) is 23.2. The molecule has 4 aromatic rings. The molecule has 0 radical (unpaired) electrons. The number of hydrogen-bond acceptors (Lipinski definition) is 6. The Labute approximate surface area is 263 Å². The summed E-state index contributed by atoms with van der Waals surface area (Å²) >= 11 is 0. The van der Waals surface area contributed by atoms with E-state index in [1.54, 1.807) is 0 Å². The van der Waals surface area contributed by atoms with Gasteiger partial charge in [0.1, 0.15) is 23.0 Å². The van der Waals surface area contributed by atoms with Gasteiger partial charge >= 0.3 is 17.1 Å². The molecule has 0 saturated carbocycles. The fraction of sp³-hybridized carbons (Fsp3) is 0.278. The maximum atomic E-state index is 11.6. The summed E-state index contributed by atoms with van der Waals surface area (Å²) in [6.07, 6.45) is 6.67. The van der Waals surface area contributed by atoms with Gasteiger partial charge in [-0.1, -0.05) is 75.2 Å². The van der Waals surface area contributed by atoms with Crippen molar-refractivity contribution in [2.75, 3.05) is 0 Å². The number of hydrogen-bond donors (Lipinski definition) is 0. The minimum absolute atomic E-state index is 0. The smallest absolute Gasteiger partial charge is 0.545 e. The normalized spacial score (nSPS) is 12.0. The van der Waals surface area contributed by atoms with E-state index in [9.17, 15) is 19.8 Å². The molecular formula is C36H34FeO6. The molecular weight excluding hydrogens is 584 g/mol. The van der Waals surface area contributed by atoms with Crippen LogP contribution in [0.25, 0.3) is 0 Å². The van der Waals surface area contributed by atoms with Gasteiger partial charge in [0, 0.05) is 35.1 Å². The largest absolute Gasteiger partial charge is 2.00 e. The summed E-state index contributed by atoms with van der Waals surface area (Å²) in [5.41, 5.74) is 5.83. The molecule has 0 N–H and O–H groups in total. The topological polar surface area (TPSA) is 98.7 Å². The van der Waals surface area contributed by atoms with Crippen LogP contribution in [0.3, 0.4) is 0 Å². The van der Waals surface area contributed by atoms with Crippen molar-refractivity contribution in [1.29, 1.82) is 0 Å². The van der Waals surface area contributed by atoms with Crippen molar-refractivity contribution in [3.63, 3.8) is 0 Å². The Balaban J connectivity index is 0.000000192. The zero-order chi connectivity index (χ0) is 29.6. The van der Waals surface area contributed by atoms with Crippen LogP contribution in [-0.4, -0.2) is 11.9 Å². The minimum atomic E-state index is -1.11. The average Bonchev–Trinajstić information content (AvgIpc) is 3.00. The van der Waals surface area contributed by atoms with Crippen LogP contribution in [0, 0.1) is 0 Å². The number of ether oxygens (including phenoxy) is 2. The van der Waals surface area contributed by atoms with Crippen LogP contribution in [0.4, 0.5) is 0 Å². The van der Waals surface area contributed by atoms with Crippen molar-refractivity contribution in [3.05, 3.63) is 117 Å². The summed E-state index contributed by atoms with van der Waals surface area (Å²) in [7, 11) is 0. The van der Waals surface area contributed by atoms with Crippen molar-refractivity contribution < 1.29 is 46.3 Å². The fourth-order valence-electron chi connectivity index (χ4n) is 5.67. The number of unbranched alkanes of at least 4 members (excludes halogenated alkanes) is 2. The van der Waals surface area contributed by atoms with E-state index in [-0.39, 0.29) is 17.1 Å². The fourth-order valence-corrected chi connectivity index (χ4v) is 5.67. The van der Waals surface area contributed by atoms with Crippen LogP contribution < -0.4 is 19.7 Å². The zero-order valence-electron chi connectivity index (χ0n) is 24.4. The van der Waals surface area contributed by atoms with Gasteiger partial charge in [0.25, 0.3) is 0 Å². The number of carboxylic acids is 2. The summed E-state index contributed by atoms with van der Waals surface area (Å²) in [5.74, 6) is 0.648. The molecule has 2 aliphatic rings. The van der Waals surface area contributed by atoms with E-state index in [4.69, 9.17) is 9.47 Å². The van der Waals surface area contributed by atoms with Crippen LogP contribution >= 0.6 is 0 Å². The first-order valence-electron chi connectivity index (χ1n) is 14.6. The molecule has 0 spiro atoms. The Morgan fingerprint density at radius 1 is 0.605 bits per heavy atom. The van der Waals surface area contributed by atoms with E-state index in [1.807, 2.05) is 72.8 Å². The van der Waals surface area contributed by atoms with Crippen molar-refractivity contribution in [2.45, 2.75) is 65.2 Å². The van der Waals surface area contributed by atoms with E-state index in [1.165, 1.54) is 0 Å². The standard InChI is InChI=1S/2C18H18O3.Fe/c2*1-2-3-6-12-9-10-16-14(17(12)18(19)20)11-13-7-4-5-8-15(13)21-16;/h2*4-5,7-10H,2-3,6,11H2,1H3,(H,19,20);/q;;+2/p-2. The number of carbonyl (C=O) groups excluding carboxylic acids is 2. The number of rotatable bonds is 8. The van der Waals surface area contributed by atoms with E-state index in [2.05, 4.69) is 13.8 Å². The van der Waals surface area contributed by atoms with Gasteiger partial charge in [-0.25, -0.2) is 0 Å². The molecule has 0 aromatic heterocycles. The number of carboxylic acid groups (broad SMARTS) is 2. The molecule has 0 aliphatic carbocycles. The summed E-state index contributed by atoms with van der Waals surface area (Å²) in [4.78, 5) is 23.2. The van der Waals surface area contributed by atoms with Gasteiger partial charge in [-0.3, -0.25) is 0 Å². The number of carbonyl (C=O) groups is 2. The molecule has 43 heavy (non-hydrogen) atoms. The molecule has 0 bridgehead atoms. The van der Waals surface area contributed by atoms with Crippen LogP contribution in [0.1, 0.15) is 93.6 Å². The van der Waals surface area contributed by atoms with Gasteiger partial charge in [0.15, 0.2) is 0 Å². The first-order chi connectivity index (χ1) is 20.4. The van der Waals surface area contributed by atoms with Crippen molar-refractivity contribution in [1.82, 2.24) is 0 Å². The molecule has 4 aromatic carbocycles. The van der Waals surface area contributed by atoms with Crippen molar-refractivity contribution >= 4 is 11.9 Å². The van der Waals surface area contributed by atoms with E-state index in [0.717, 1.165) is 83.4 Å². The molecule has 2 heterocycles. The molecule has 6 rings (SSSR count). The third-order valence-corrected chi connectivity index (χ3v) is 7.84. The maximum absolute atomic E-state index is 11.6. The monoisotopic (exact) mass is 618 g/mol. The maximum Gasteiger partial charge on any atom is 2.00 e. The first kappa shape index (κ1) is 31.9. The second-order valence-electron chi connectivity index (χ2n) is 10.7. The number of aryl methyl sites for hydroxylation is 2. The molecule has 0 fully saturated rings. The minimum Gasteiger partial charge on any atom is -0.545 e. The van der Waals surface area contributed by atoms with Gasteiger partial charge < -0.3 is 29.3 Å². The predicted octanol–water partition coefficient (Wildman–Crippen LogP) is 6.18. The Morgan fingerprint density at radius 2 is 1.00 bits per heavy atom. The third kappa shape index (κ3) is 6.96. The molecule has 2 aliphatic heterocycles. The third-order valence-electron chi connectivity index (χ3n) is 7.84. The van der Waals surface area contributed by atoms with Crippen LogP contribution in [-0.2, 0) is 42.8 Å².